The van der Waals surface area contributed by atoms with Crippen molar-refractivity contribution in [2.75, 3.05) is 24.2 Å². The molecule has 4 nitrogen and oxygen atoms in total. The third-order valence-corrected chi connectivity index (χ3v) is 2.52. The fourth-order valence-electron chi connectivity index (χ4n) is 1.55. The maximum Gasteiger partial charge on any atom is 0.0992 e. The van der Waals surface area contributed by atoms with E-state index in [2.05, 4.69) is 11.4 Å². The van der Waals surface area contributed by atoms with Crippen LogP contribution in [0.15, 0.2) is 18.2 Å². The van der Waals surface area contributed by atoms with Crippen LogP contribution < -0.4 is 11.1 Å². The van der Waals surface area contributed by atoms with Crippen LogP contribution in [0.1, 0.15) is 32.3 Å². The summed E-state index contributed by atoms with van der Waals surface area (Å²) in [6.45, 7) is 5.69. The van der Waals surface area contributed by atoms with Gasteiger partial charge < -0.3 is 15.8 Å². The summed E-state index contributed by atoms with van der Waals surface area (Å²) in [6, 6.07) is 7.35. The van der Waals surface area contributed by atoms with E-state index in [1.54, 1.807) is 18.2 Å². The van der Waals surface area contributed by atoms with E-state index in [-0.39, 0.29) is 0 Å². The quantitative estimate of drug-likeness (QED) is 0.574. The number of benzene rings is 1. The second kappa shape index (κ2) is 7.57. The van der Waals surface area contributed by atoms with Gasteiger partial charge in [-0.3, -0.25) is 0 Å². The monoisotopic (exact) mass is 247 g/mol. The van der Waals surface area contributed by atoms with Crippen LogP contribution in [0.4, 0.5) is 11.4 Å². The van der Waals surface area contributed by atoms with E-state index in [9.17, 15) is 0 Å². The van der Waals surface area contributed by atoms with E-state index in [0.717, 1.165) is 31.7 Å². The molecule has 0 aliphatic carbocycles. The average Bonchev–Trinajstić information content (AvgIpc) is 2.35. The molecule has 0 atom stereocenters. The highest BCUT2D eigenvalue weighted by Crippen LogP contribution is 2.19. The summed E-state index contributed by atoms with van der Waals surface area (Å²) in [5.41, 5.74) is 7.95. The number of nitrogens with two attached hydrogens (primary N) is 1. The standard InChI is InChI=1S/C14H21N3O/c1-11(2)18-8-4-3-7-17-14-9-12(10-15)5-6-13(14)16/h5-6,9,11,17H,3-4,7-8,16H2,1-2H3. The fourth-order valence-corrected chi connectivity index (χ4v) is 1.55. The predicted octanol–water partition coefficient (Wildman–Crippen LogP) is 2.76. The molecule has 0 aliphatic rings. The molecule has 0 unspecified atom stereocenters. The number of rotatable bonds is 7. The van der Waals surface area contributed by atoms with Gasteiger partial charge in [0, 0.05) is 13.2 Å². The third-order valence-electron chi connectivity index (χ3n) is 2.52. The molecule has 0 aliphatic heterocycles. The van der Waals surface area contributed by atoms with Gasteiger partial charge in [0.15, 0.2) is 0 Å². The summed E-state index contributed by atoms with van der Waals surface area (Å²) in [5.74, 6) is 0. The van der Waals surface area contributed by atoms with Crippen LogP contribution in [-0.4, -0.2) is 19.3 Å². The first-order chi connectivity index (χ1) is 8.63. The second-order valence-corrected chi connectivity index (χ2v) is 4.47. The van der Waals surface area contributed by atoms with Crippen LogP contribution in [0.25, 0.3) is 0 Å². The minimum Gasteiger partial charge on any atom is -0.397 e. The van der Waals surface area contributed by atoms with Crippen molar-refractivity contribution in [3.05, 3.63) is 23.8 Å². The molecule has 1 rings (SSSR count). The number of hydrogen-bond acceptors (Lipinski definition) is 4. The largest absolute Gasteiger partial charge is 0.397 e. The molecule has 0 saturated heterocycles. The summed E-state index contributed by atoms with van der Waals surface area (Å²) in [6.07, 6.45) is 2.33. The lowest BCUT2D eigenvalue weighted by atomic mass is 10.2. The molecule has 1 aromatic rings. The molecule has 4 heteroatoms. The van der Waals surface area contributed by atoms with Gasteiger partial charge in [0.25, 0.3) is 0 Å². The molecular weight excluding hydrogens is 226 g/mol. The lowest BCUT2D eigenvalue weighted by Crippen LogP contribution is -2.08. The van der Waals surface area contributed by atoms with Gasteiger partial charge in [-0.1, -0.05) is 0 Å². The van der Waals surface area contributed by atoms with Gasteiger partial charge in [-0.25, -0.2) is 0 Å². The first kappa shape index (κ1) is 14.3. The molecule has 0 heterocycles. The van der Waals surface area contributed by atoms with Crippen LogP contribution in [-0.2, 0) is 4.74 Å². The summed E-state index contributed by atoms with van der Waals surface area (Å²) < 4.78 is 5.46. The van der Waals surface area contributed by atoms with Gasteiger partial charge in [0.2, 0.25) is 0 Å². The van der Waals surface area contributed by atoms with Crippen LogP contribution in [0, 0.1) is 11.3 Å². The Morgan fingerprint density at radius 3 is 2.83 bits per heavy atom. The van der Waals surface area contributed by atoms with Gasteiger partial charge in [-0.05, 0) is 44.9 Å². The number of anilines is 2. The Morgan fingerprint density at radius 1 is 1.39 bits per heavy atom. The predicted molar refractivity (Wildman–Crippen MR) is 74.4 cm³/mol. The van der Waals surface area contributed by atoms with Crippen LogP contribution in [0.3, 0.4) is 0 Å². The Bertz CT molecular complexity index is 410. The Balaban J connectivity index is 2.29. The molecule has 0 aromatic heterocycles. The van der Waals surface area contributed by atoms with E-state index in [0.29, 0.717) is 17.4 Å². The van der Waals surface area contributed by atoms with Crippen molar-refractivity contribution in [1.29, 1.82) is 5.26 Å². The number of hydrogen-bond donors (Lipinski definition) is 2. The fraction of sp³-hybridized carbons (Fsp3) is 0.500. The smallest absolute Gasteiger partial charge is 0.0992 e. The molecular formula is C14H21N3O. The molecule has 0 radical (unpaired) electrons. The van der Waals surface area contributed by atoms with Crippen molar-refractivity contribution in [2.24, 2.45) is 0 Å². The van der Waals surface area contributed by atoms with E-state index < -0.39 is 0 Å². The topological polar surface area (TPSA) is 71.1 Å². The van der Waals surface area contributed by atoms with Gasteiger partial charge in [0.05, 0.1) is 29.1 Å². The number of nitrogen functional groups attached to an aromatic ring is 1. The number of nitriles is 1. The molecule has 0 amide bonds. The number of nitrogens with zero attached hydrogens (tertiary/aromatic N) is 1. The highest BCUT2D eigenvalue weighted by atomic mass is 16.5. The van der Waals surface area contributed by atoms with Crippen LogP contribution in [0.2, 0.25) is 0 Å². The van der Waals surface area contributed by atoms with Crippen molar-refractivity contribution in [3.63, 3.8) is 0 Å². The van der Waals surface area contributed by atoms with E-state index >= 15 is 0 Å². The average molecular weight is 247 g/mol. The van der Waals surface area contributed by atoms with Crippen molar-refractivity contribution in [2.45, 2.75) is 32.8 Å². The van der Waals surface area contributed by atoms with E-state index in [1.165, 1.54) is 0 Å². The normalized spacial score (nSPS) is 10.3. The third kappa shape index (κ3) is 5.07. The van der Waals surface area contributed by atoms with Gasteiger partial charge in [-0.15, -0.1) is 0 Å². The van der Waals surface area contributed by atoms with Crippen LogP contribution in [0.5, 0.6) is 0 Å². The lowest BCUT2D eigenvalue weighted by Gasteiger charge is -2.10. The maximum absolute atomic E-state index is 8.81. The molecule has 0 spiro atoms. The first-order valence-electron chi connectivity index (χ1n) is 6.28. The molecule has 3 N–H and O–H groups in total. The Labute approximate surface area is 109 Å². The van der Waals surface area contributed by atoms with Crippen molar-refractivity contribution in [3.8, 4) is 6.07 Å². The zero-order valence-corrected chi connectivity index (χ0v) is 11.1. The molecule has 1 aromatic carbocycles. The Hall–Kier alpha value is -1.73. The number of unbranched alkanes of at least 4 members (excludes halogenated alkanes) is 1. The zero-order chi connectivity index (χ0) is 13.4. The van der Waals surface area contributed by atoms with Crippen molar-refractivity contribution >= 4 is 11.4 Å². The maximum atomic E-state index is 8.81. The summed E-state index contributed by atoms with van der Waals surface area (Å²) in [5, 5.41) is 12.1. The summed E-state index contributed by atoms with van der Waals surface area (Å²) in [7, 11) is 0. The molecule has 0 saturated carbocycles. The highest BCUT2D eigenvalue weighted by Gasteiger charge is 2.00. The summed E-state index contributed by atoms with van der Waals surface area (Å²) >= 11 is 0. The van der Waals surface area contributed by atoms with Gasteiger partial charge in [-0.2, -0.15) is 5.26 Å². The minimum atomic E-state index is 0.293. The zero-order valence-electron chi connectivity index (χ0n) is 11.1. The van der Waals surface area contributed by atoms with Crippen LogP contribution >= 0.6 is 0 Å². The molecule has 0 fully saturated rings. The van der Waals surface area contributed by atoms with Gasteiger partial charge >= 0.3 is 0 Å². The molecule has 98 valence electrons. The Kier molecular flexibility index (Phi) is 6.03. The lowest BCUT2D eigenvalue weighted by molar-refractivity contribution is 0.0765. The molecule has 0 bridgehead atoms. The van der Waals surface area contributed by atoms with Crippen molar-refractivity contribution < 1.29 is 4.74 Å². The highest BCUT2D eigenvalue weighted by molar-refractivity contribution is 5.68. The number of nitrogens with one attached hydrogen (secondary N) is 1. The SMILES string of the molecule is CC(C)OCCCCNc1cc(C#N)ccc1N. The summed E-state index contributed by atoms with van der Waals surface area (Å²) in [4.78, 5) is 0. The molecule has 18 heavy (non-hydrogen) atoms. The van der Waals surface area contributed by atoms with E-state index in [1.807, 2.05) is 13.8 Å². The van der Waals surface area contributed by atoms with E-state index in [4.69, 9.17) is 15.7 Å². The Morgan fingerprint density at radius 2 is 2.17 bits per heavy atom. The second-order valence-electron chi connectivity index (χ2n) is 4.47. The minimum absolute atomic E-state index is 0.293. The number of ether oxygens (including phenoxy) is 1. The van der Waals surface area contributed by atoms with Gasteiger partial charge in [0.1, 0.15) is 0 Å². The first-order valence-corrected chi connectivity index (χ1v) is 6.28. The van der Waals surface area contributed by atoms with Crippen molar-refractivity contribution in [1.82, 2.24) is 0 Å².